The Bertz CT molecular complexity index is 104. The zero-order valence-corrected chi connectivity index (χ0v) is 6.03. The summed E-state index contributed by atoms with van der Waals surface area (Å²) in [5.74, 6) is 0.219. The van der Waals surface area contributed by atoms with Crippen LogP contribution in [0.3, 0.4) is 0 Å². The Morgan fingerprint density at radius 2 is 1.89 bits per heavy atom. The van der Waals surface area contributed by atoms with Crippen molar-refractivity contribution in [1.29, 1.82) is 5.41 Å². The Labute approximate surface area is 55.8 Å². The van der Waals surface area contributed by atoms with Crippen molar-refractivity contribution in [1.82, 2.24) is 0 Å². The van der Waals surface area contributed by atoms with Crippen molar-refractivity contribution in [2.75, 3.05) is 0 Å². The van der Waals surface area contributed by atoms with E-state index < -0.39 is 0 Å². The summed E-state index contributed by atoms with van der Waals surface area (Å²) < 4.78 is 0. The molecule has 0 aliphatic heterocycles. The van der Waals surface area contributed by atoms with Gasteiger partial charge in [0.25, 0.3) is 0 Å². The first-order valence-electron chi connectivity index (χ1n) is 3.16. The van der Waals surface area contributed by atoms with Crippen molar-refractivity contribution >= 4 is 11.5 Å². The van der Waals surface area contributed by atoms with Gasteiger partial charge in [0.15, 0.2) is 0 Å². The first kappa shape index (κ1) is 8.34. The molecule has 2 heteroatoms. The van der Waals surface area contributed by atoms with Crippen LogP contribution in [0.1, 0.15) is 33.1 Å². The van der Waals surface area contributed by atoms with Gasteiger partial charge in [0, 0.05) is 12.1 Å². The maximum Gasteiger partial charge on any atom is 0.129 e. The largest absolute Gasteiger partial charge is 0.310 e. The quantitative estimate of drug-likeness (QED) is 0.574. The van der Waals surface area contributed by atoms with Crippen LogP contribution in [0.15, 0.2) is 0 Å². The molecule has 9 heavy (non-hydrogen) atoms. The number of carbonyl (C=O) groups excluding carboxylic acids is 1. The van der Waals surface area contributed by atoms with E-state index in [1.807, 2.05) is 0 Å². The Morgan fingerprint density at radius 3 is 2.22 bits per heavy atom. The Kier molecular flexibility index (Phi) is 3.93. The van der Waals surface area contributed by atoms with Crippen LogP contribution < -0.4 is 0 Å². The van der Waals surface area contributed by atoms with E-state index in [1.54, 1.807) is 13.8 Å². The molecule has 0 radical (unpaired) electrons. The number of ketones is 1. The minimum atomic E-state index is 0.219. The van der Waals surface area contributed by atoms with E-state index in [9.17, 15) is 4.79 Å². The first-order valence-corrected chi connectivity index (χ1v) is 3.16. The number of hydrogen-bond acceptors (Lipinski definition) is 2. The zero-order chi connectivity index (χ0) is 7.28. The van der Waals surface area contributed by atoms with E-state index in [2.05, 4.69) is 0 Å². The molecule has 0 aliphatic rings. The SMILES string of the molecule is CC(=N)CCCC(C)=O. The summed E-state index contributed by atoms with van der Waals surface area (Å²) in [5, 5.41) is 7.03. The van der Waals surface area contributed by atoms with Crippen molar-refractivity contribution in [3.63, 3.8) is 0 Å². The molecule has 52 valence electrons. The summed E-state index contributed by atoms with van der Waals surface area (Å²) in [6.07, 6.45) is 2.22. The third kappa shape index (κ3) is 7.34. The van der Waals surface area contributed by atoms with Crippen molar-refractivity contribution in [3.8, 4) is 0 Å². The van der Waals surface area contributed by atoms with Gasteiger partial charge in [-0.15, -0.1) is 0 Å². The highest BCUT2D eigenvalue weighted by Crippen LogP contribution is 1.96. The van der Waals surface area contributed by atoms with Gasteiger partial charge in [-0.25, -0.2) is 0 Å². The van der Waals surface area contributed by atoms with Crippen LogP contribution in [0.4, 0.5) is 0 Å². The molecule has 0 bridgehead atoms. The molecule has 0 aromatic carbocycles. The van der Waals surface area contributed by atoms with E-state index in [1.165, 1.54) is 0 Å². The van der Waals surface area contributed by atoms with Crippen LogP contribution in [0.5, 0.6) is 0 Å². The minimum absolute atomic E-state index is 0.219. The van der Waals surface area contributed by atoms with Crippen molar-refractivity contribution in [3.05, 3.63) is 0 Å². The summed E-state index contributed by atoms with van der Waals surface area (Å²) in [6, 6.07) is 0. The number of hydrogen-bond donors (Lipinski definition) is 1. The zero-order valence-electron chi connectivity index (χ0n) is 6.03. The lowest BCUT2D eigenvalue weighted by molar-refractivity contribution is -0.117. The third-order valence-electron chi connectivity index (χ3n) is 1.08. The van der Waals surface area contributed by atoms with E-state index >= 15 is 0 Å². The number of nitrogens with one attached hydrogen (secondary N) is 1. The van der Waals surface area contributed by atoms with Crippen molar-refractivity contribution in [2.45, 2.75) is 33.1 Å². The molecule has 0 atom stereocenters. The van der Waals surface area contributed by atoms with Gasteiger partial charge >= 0.3 is 0 Å². The first-order chi connectivity index (χ1) is 4.13. The van der Waals surface area contributed by atoms with Crippen LogP contribution in [0.25, 0.3) is 0 Å². The van der Waals surface area contributed by atoms with Crippen molar-refractivity contribution < 1.29 is 4.79 Å². The van der Waals surface area contributed by atoms with Gasteiger partial charge < -0.3 is 10.2 Å². The maximum absolute atomic E-state index is 10.4. The maximum atomic E-state index is 10.4. The highest BCUT2D eigenvalue weighted by atomic mass is 16.1. The number of Topliss-reactive ketones (excluding diaryl/α,β-unsaturated/α-hetero) is 1. The van der Waals surface area contributed by atoms with Gasteiger partial charge in [0.05, 0.1) is 0 Å². The standard InChI is InChI=1S/C7H13NO/c1-6(8)4-3-5-7(2)9/h8H,3-5H2,1-2H3. The summed E-state index contributed by atoms with van der Waals surface area (Å²) in [4.78, 5) is 10.4. The van der Waals surface area contributed by atoms with Gasteiger partial charge in [-0.3, -0.25) is 0 Å². The third-order valence-corrected chi connectivity index (χ3v) is 1.08. The lowest BCUT2D eigenvalue weighted by atomic mass is 10.1. The van der Waals surface area contributed by atoms with Crippen molar-refractivity contribution in [2.24, 2.45) is 0 Å². The van der Waals surface area contributed by atoms with E-state index in [4.69, 9.17) is 5.41 Å². The minimum Gasteiger partial charge on any atom is -0.310 e. The monoisotopic (exact) mass is 127 g/mol. The summed E-state index contributed by atoms with van der Waals surface area (Å²) >= 11 is 0. The molecule has 0 aliphatic carbocycles. The lowest BCUT2D eigenvalue weighted by Crippen LogP contribution is -1.93. The normalized spacial score (nSPS) is 9.11. The smallest absolute Gasteiger partial charge is 0.129 e. The van der Waals surface area contributed by atoms with E-state index in [0.29, 0.717) is 12.1 Å². The molecule has 0 heterocycles. The molecular weight excluding hydrogens is 114 g/mol. The number of carbonyl (C=O) groups is 1. The lowest BCUT2D eigenvalue weighted by Gasteiger charge is -1.93. The van der Waals surface area contributed by atoms with Crippen LogP contribution in [-0.4, -0.2) is 11.5 Å². The molecular formula is C7H13NO. The molecule has 0 aromatic rings. The summed E-state index contributed by atoms with van der Waals surface area (Å²) in [7, 11) is 0. The highest BCUT2D eigenvalue weighted by molar-refractivity contribution is 5.80. The fourth-order valence-electron chi connectivity index (χ4n) is 0.602. The molecule has 0 unspecified atom stereocenters. The molecule has 0 saturated heterocycles. The second-order valence-electron chi connectivity index (χ2n) is 2.34. The molecule has 0 rings (SSSR count). The second-order valence-corrected chi connectivity index (χ2v) is 2.34. The van der Waals surface area contributed by atoms with Crippen LogP contribution in [0, 0.1) is 5.41 Å². The molecule has 0 amide bonds. The Morgan fingerprint density at radius 1 is 1.33 bits per heavy atom. The molecule has 2 nitrogen and oxygen atoms in total. The van der Waals surface area contributed by atoms with Gasteiger partial charge in [-0.2, -0.15) is 0 Å². The van der Waals surface area contributed by atoms with Gasteiger partial charge in [0.1, 0.15) is 5.78 Å². The summed E-state index contributed by atoms with van der Waals surface area (Å²) in [6.45, 7) is 3.35. The van der Waals surface area contributed by atoms with Gasteiger partial charge in [0.2, 0.25) is 0 Å². The van der Waals surface area contributed by atoms with Crippen LogP contribution in [0.2, 0.25) is 0 Å². The average Bonchev–Trinajstić information content (AvgIpc) is 1.63. The second kappa shape index (κ2) is 4.24. The number of rotatable bonds is 4. The Balaban J connectivity index is 3.10. The fraction of sp³-hybridized carbons (Fsp3) is 0.714. The highest BCUT2D eigenvalue weighted by Gasteiger charge is 1.93. The van der Waals surface area contributed by atoms with Gasteiger partial charge in [-0.05, 0) is 26.7 Å². The van der Waals surface area contributed by atoms with E-state index in [0.717, 1.165) is 12.8 Å². The predicted molar refractivity (Wildman–Crippen MR) is 37.9 cm³/mol. The van der Waals surface area contributed by atoms with Gasteiger partial charge in [-0.1, -0.05) is 0 Å². The van der Waals surface area contributed by atoms with Crippen LogP contribution in [-0.2, 0) is 4.79 Å². The predicted octanol–water partition coefficient (Wildman–Crippen LogP) is 1.79. The summed E-state index contributed by atoms with van der Waals surface area (Å²) in [5.41, 5.74) is 0.663. The molecule has 1 N–H and O–H groups in total. The molecule has 0 fully saturated rings. The fourth-order valence-corrected chi connectivity index (χ4v) is 0.602. The van der Waals surface area contributed by atoms with Crippen LogP contribution >= 0.6 is 0 Å². The Hall–Kier alpha value is -0.660. The molecule has 0 aromatic heterocycles. The molecule has 0 saturated carbocycles. The van der Waals surface area contributed by atoms with E-state index in [-0.39, 0.29) is 5.78 Å². The topological polar surface area (TPSA) is 40.9 Å². The molecule has 0 spiro atoms. The average molecular weight is 127 g/mol.